The Morgan fingerprint density at radius 3 is 2.38 bits per heavy atom. The fourth-order valence-electron chi connectivity index (χ4n) is 2.94. The Kier molecular flexibility index (Phi) is 5.36. The van der Waals surface area contributed by atoms with Gasteiger partial charge in [0.05, 0.1) is 18.2 Å². The van der Waals surface area contributed by atoms with Crippen molar-refractivity contribution in [3.8, 4) is 0 Å². The van der Waals surface area contributed by atoms with Crippen LogP contribution in [0.3, 0.4) is 0 Å². The van der Waals surface area contributed by atoms with Crippen LogP contribution in [0.1, 0.15) is 30.3 Å². The maximum absolute atomic E-state index is 12.9. The van der Waals surface area contributed by atoms with Gasteiger partial charge >= 0.3 is 0 Å². The van der Waals surface area contributed by atoms with Gasteiger partial charge < -0.3 is 4.74 Å². The van der Waals surface area contributed by atoms with E-state index in [1.54, 1.807) is 11.3 Å². The van der Waals surface area contributed by atoms with Gasteiger partial charge in [-0.1, -0.05) is 36.4 Å². The molecule has 2 heterocycles. The van der Waals surface area contributed by atoms with Crippen LogP contribution in [-0.2, 0) is 14.9 Å². The third-order valence-electron chi connectivity index (χ3n) is 3.95. The average molecular weight is 367 g/mol. The van der Waals surface area contributed by atoms with E-state index in [0.29, 0.717) is 13.1 Å². The van der Waals surface area contributed by atoms with Gasteiger partial charge in [0.1, 0.15) is 0 Å². The maximum Gasteiger partial charge on any atom is 0.280 e. The van der Waals surface area contributed by atoms with Crippen molar-refractivity contribution in [1.82, 2.24) is 9.03 Å². The molecule has 130 valence electrons. The van der Waals surface area contributed by atoms with Crippen LogP contribution in [0.15, 0.2) is 47.8 Å². The van der Waals surface area contributed by atoms with Crippen LogP contribution in [0, 0.1) is 0 Å². The number of nitrogens with zero attached hydrogens (tertiary/aromatic N) is 1. The molecule has 24 heavy (non-hydrogen) atoms. The lowest BCUT2D eigenvalue weighted by Gasteiger charge is -2.35. The summed E-state index contributed by atoms with van der Waals surface area (Å²) in [5.41, 5.74) is 0.929. The van der Waals surface area contributed by atoms with Crippen LogP contribution in [-0.4, -0.2) is 38.0 Å². The molecule has 1 aliphatic rings. The highest BCUT2D eigenvalue weighted by molar-refractivity contribution is 7.87. The Morgan fingerprint density at radius 2 is 1.79 bits per heavy atom. The van der Waals surface area contributed by atoms with E-state index < -0.39 is 10.2 Å². The second-order valence-electron chi connectivity index (χ2n) is 6.06. The number of hydrogen-bond donors (Lipinski definition) is 1. The highest BCUT2D eigenvalue weighted by Crippen LogP contribution is 2.27. The fraction of sp³-hybridized carbons (Fsp3) is 0.412. The summed E-state index contributed by atoms with van der Waals surface area (Å²) < 4.78 is 35.8. The summed E-state index contributed by atoms with van der Waals surface area (Å²) in [7, 11) is -3.61. The number of rotatable bonds is 5. The van der Waals surface area contributed by atoms with Crippen molar-refractivity contribution in [3.05, 3.63) is 58.3 Å². The highest BCUT2D eigenvalue weighted by Gasteiger charge is 2.33. The van der Waals surface area contributed by atoms with Crippen molar-refractivity contribution in [1.29, 1.82) is 0 Å². The van der Waals surface area contributed by atoms with Gasteiger partial charge in [-0.15, -0.1) is 11.3 Å². The summed E-state index contributed by atoms with van der Waals surface area (Å²) in [6.07, 6.45) is -0.218. The number of morpholine rings is 1. The van der Waals surface area contributed by atoms with Gasteiger partial charge in [0, 0.05) is 18.0 Å². The van der Waals surface area contributed by atoms with Crippen LogP contribution >= 0.6 is 11.3 Å². The summed E-state index contributed by atoms with van der Waals surface area (Å²) in [6, 6.07) is 13.2. The molecular formula is C17H22N2O3S2. The number of thiophene rings is 1. The zero-order valence-electron chi connectivity index (χ0n) is 13.8. The lowest BCUT2D eigenvalue weighted by molar-refractivity contribution is -0.0444. The molecule has 2 aromatic rings. The molecule has 1 aromatic heterocycles. The normalized spacial score (nSPS) is 23.9. The molecular weight excluding hydrogens is 344 g/mol. The van der Waals surface area contributed by atoms with E-state index in [4.69, 9.17) is 4.74 Å². The zero-order valence-corrected chi connectivity index (χ0v) is 15.4. The molecule has 1 aliphatic heterocycles. The average Bonchev–Trinajstić information content (AvgIpc) is 3.07. The molecule has 0 saturated carbocycles. The standard InChI is InChI=1S/C17H22N2O3S2/c1-13-11-19(12-14(2)22-13)24(20,21)18-17(16-9-6-10-23-16)15-7-4-3-5-8-15/h3-10,13-14,17-18H,11-12H2,1-2H3/t13-,14+,17-/m0/s1. The summed E-state index contributed by atoms with van der Waals surface area (Å²) in [6.45, 7) is 4.52. The van der Waals surface area contributed by atoms with E-state index in [9.17, 15) is 8.42 Å². The van der Waals surface area contributed by atoms with Crippen LogP contribution in [0.4, 0.5) is 0 Å². The van der Waals surface area contributed by atoms with Crippen molar-refractivity contribution < 1.29 is 13.2 Å². The quantitative estimate of drug-likeness (QED) is 0.885. The monoisotopic (exact) mass is 366 g/mol. The Labute approximate surface area is 147 Å². The smallest absolute Gasteiger partial charge is 0.280 e. The second-order valence-corrected chi connectivity index (χ2v) is 8.74. The van der Waals surface area contributed by atoms with Gasteiger partial charge in [0.2, 0.25) is 0 Å². The third kappa shape index (κ3) is 4.04. The largest absolute Gasteiger partial charge is 0.373 e. The second kappa shape index (κ2) is 7.33. The van der Waals surface area contributed by atoms with Gasteiger partial charge in [-0.05, 0) is 30.9 Å². The van der Waals surface area contributed by atoms with Crippen molar-refractivity contribution >= 4 is 21.5 Å². The predicted octanol–water partition coefficient (Wildman–Crippen LogP) is 2.78. The molecule has 0 unspecified atom stereocenters. The van der Waals surface area contributed by atoms with Gasteiger partial charge in [-0.25, -0.2) is 0 Å². The number of benzene rings is 1. The molecule has 5 nitrogen and oxygen atoms in total. The van der Waals surface area contributed by atoms with Crippen molar-refractivity contribution in [2.45, 2.75) is 32.1 Å². The first-order valence-electron chi connectivity index (χ1n) is 7.97. The lowest BCUT2D eigenvalue weighted by atomic mass is 10.1. The molecule has 3 atom stereocenters. The molecule has 1 aromatic carbocycles. The highest BCUT2D eigenvalue weighted by atomic mass is 32.2. The first-order valence-corrected chi connectivity index (χ1v) is 10.3. The molecule has 0 amide bonds. The summed E-state index contributed by atoms with van der Waals surface area (Å²) in [5, 5.41) is 1.96. The predicted molar refractivity (Wildman–Crippen MR) is 96.2 cm³/mol. The summed E-state index contributed by atoms with van der Waals surface area (Å²) >= 11 is 1.54. The number of nitrogens with one attached hydrogen (secondary N) is 1. The minimum absolute atomic E-state index is 0.109. The Balaban J connectivity index is 1.87. The van der Waals surface area contributed by atoms with E-state index >= 15 is 0 Å². The molecule has 1 fully saturated rings. The van der Waals surface area contributed by atoms with Crippen LogP contribution in [0.5, 0.6) is 0 Å². The van der Waals surface area contributed by atoms with Crippen LogP contribution in [0.25, 0.3) is 0 Å². The molecule has 0 radical (unpaired) electrons. The van der Waals surface area contributed by atoms with Crippen molar-refractivity contribution in [2.24, 2.45) is 0 Å². The van der Waals surface area contributed by atoms with E-state index in [-0.39, 0.29) is 18.2 Å². The van der Waals surface area contributed by atoms with E-state index in [1.807, 2.05) is 61.7 Å². The fourth-order valence-corrected chi connectivity index (χ4v) is 5.34. The van der Waals surface area contributed by atoms with Gasteiger partial charge in [0.25, 0.3) is 10.2 Å². The minimum Gasteiger partial charge on any atom is -0.373 e. The van der Waals surface area contributed by atoms with Gasteiger partial charge in [-0.3, -0.25) is 0 Å². The topological polar surface area (TPSA) is 58.6 Å². The molecule has 1 N–H and O–H groups in total. The van der Waals surface area contributed by atoms with E-state index in [0.717, 1.165) is 10.4 Å². The van der Waals surface area contributed by atoms with Crippen LogP contribution in [0.2, 0.25) is 0 Å². The third-order valence-corrected chi connectivity index (χ3v) is 6.40. The summed E-state index contributed by atoms with van der Waals surface area (Å²) in [4.78, 5) is 0.971. The maximum atomic E-state index is 12.9. The molecule has 0 aliphatic carbocycles. The number of hydrogen-bond acceptors (Lipinski definition) is 4. The Morgan fingerprint density at radius 1 is 1.12 bits per heavy atom. The molecule has 1 saturated heterocycles. The Hall–Kier alpha value is -1.25. The summed E-state index contributed by atoms with van der Waals surface area (Å²) in [5.74, 6) is 0. The molecule has 0 spiro atoms. The molecule has 3 rings (SSSR count). The molecule has 0 bridgehead atoms. The van der Waals surface area contributed by atoms with E-state index in [2.05, 4.69) is 4.72 Å². The van der Waals surface area contributed by atoms with E-state index in [1.165, 1.54) is 4.31 Å². The lowest BCUT2D eigenvalue weighted by Crippen LogP contribution is -2.52. The first-order chi connectivity index (χ1) is 11.5. The Bertz CT molecular complexity index is 737. The van der Waals surface area contributed by atoms with Crippen molar-refractivity contribution in [3.63, 3.8) is 0 Å². The molecule has 7 heteroatoms. The van der Waals surface area contributed by atoms with Crippen LogP contribution < -0.4 is 4.72 Å². The van der Waals surface area contributed by atoms with Gasteiger partial charge in [-0.2, -0.15) is 17.4 Å². The first kappa shape index (κ1) is 17.6. The number of ether oxygens (including phenoxy) is 1. The zero-order chi connectivity index (χ0) is 17.2. The van der Waals surface area contributed by atoms with Gasteiger partial charge in [0.15, 0.2) is 0 Å². The SMILES string of the molecule is C[C@@H]1CN(S(=O)(=O)N[C@@H](c2ccccc2)c2cccs2)C[C@H](C)O1. The van der Waals surface area contributed by atoms with Crippen molar-refractivity contribution in [2.75, 3.05) is 13.1 Å². The minimum atomic E-state index is -3.61.